The fourth-order valence-corrected chi connectivity index (χ4v) is 2.91. The van der Waals surface area contributed by atoms with E-state index in [1.807, 2.05) is 6.26 Å². The Bertz CT molecular complexity index is 476. The van der Waals surface area contributed by atoms with Gasteiger partial charge in [0, 0.05) is 18.8 Å². The van der Waals surface area contributed by atoms with Crippen LogP contribution in [0.4, 0.5) is 0 Å². The van der Waals surface area contributed by atoms with E-state index in [1.165, 1.54) is 6.07 Å². The summed E-state index contributed by atoms with van der Waals surface area (Å²) in [6, 6.07) is 6.85. The maximum Gasteiger partial charge on any atom is 0.335 e. The molecule has 1 rings (SSSR count). The van der Waals surface area contributed by atoms with Gasteiger partial charge in [0.05, 0.1) is 12.0 Å². The molecule has 0 aromatic heterocycles. The largest absolute Gasteiger partial charge is 0.478 e. The van der Waals surface area contributed by atoms with Gasteiger partial charge >= 0.3 is 5.97 Å². The Morgan fingerprint density at radius 3 is 2.55 bits per heavy atom. The molecule has 0 saturated carbocycles. The molecule has 110 valence electrons. The van der Waals surface area contributed by atoms with Gasteiger partial charge in [0.2, 0.25) is 5.91 Å². The lowest BCUT2D eigenvalue weighted by molar-refractivity contribution is -0.130. The average Bonchev–Trinajstić information content (AvgIpc) is 2.44. The number of carboxylic acid groups (broad SMARTS) is 1. The van der Waals surface area contributed by atoms with Crippen molar-refractivity contribution < 1.29 is 14.7 Å². The molecule has 1 N–H and O–H groups in total. The fraction of sp³-hybridized carbons (Fsp3) is 0.467. The normalized spacial score (nSPS) is 11.9. The van der Waals surface area contributed by atoms with Crippen molar-refractivity contribution in [3.8, 4) is 0 Å². The predicted molar refractivity (Wildman–Crippen MR) is 82.3 cm³/mol. The summed E-state index contributed by atoms with van der Waals surface area (Å²) in [4.78, 5) is 25.2. The van der Waals surface area contributed by atoms with Crippen molar-refractivity contribution in [2.45, 2.75) is 25.8 Å². The number of likely N-dealkylation sites (N-methyl/N-ethyl adjacent to an activating group) is 1. The van der Waals surface area contributed by atoms with Crippen LogP contribution in [-0.2, 0) is 11.2 Å². The van der Waals surface area contributed by atoms with Gasteiger partial charge < -0.3 is 10.0 Å². The Kier molecular flexibility index (Phi) is 6.58. The van der Waals surface area contributed by atoms with Crippen LogP contribution in [0, 0.1) is 0 Å². The molecule has 1 aromatic rings. The molecule has 0 fully saturated rings. The van der Waals surface area contributed by atoms with Gasteiger partial charge in [-0.15, -0.1) is 0 Å². The van der Waals surface area contributed by atoms with Crippen molar-refractivity contribution in [3.63, 3.8) is 0 Å². The van der Waals surface area contributed by atoms with Crippen LogP contribution in [0.1, 0.15) is 29.3 Å². The van der Waals surface area contributed by atoms with Crippen LogP contribution in [0.5, 0.6) is 0 Å². The third-order valence-corrected chi connectivity index (χ3v) is 4.08. The van der Waals surface area contributed by atoms with Gasteiger partial charge in [-0.1, -0.05) is 25.1 Å². The van der Waals surface area contributed by atoms with Gasteiger partial charge in [-0.25, -0.2) is 4.79 Å². The maximum atomic E-state index is 12.3. The molecule has 20 heavy (non-hydrogen) atoms. The first-order valence-electron chi connectivity index (χ1n) is 6.57. The second kappa shape index (κ2) is 7.94. The summed E-state index contributed by atoms with van der Waals surface area (Å²) >= 11 is 1.71. The molecule has 1 amide bonds. The van der Waals surface area contributed by atoms with Crippen LogP contribution in [0.3, 0.4) is 0 Å². The molecule has 0 radical (unpaired) electrons. The van der Waals surface area contributed by atoms with Crippen LogP contribution >= 0.6 is 11.8 Å². The van der Waals surface area contributed by atoms with Crippen molar-refractivity contribution in [3.05, 3.63) is 35.4 Å². The number of benzene rings is 1. The number of amides is 1. The average molecular weight is 295 g/mol. The van der Waals surface area contributed by atoms with E-state index in [2.05, 4.69) is 6.92 Å². The molecule has 0 bridgehead atoms. The number of carbonyl (C=O) groups is 2. The predicted octanol–water partition coefficient (Wildman–Crippen LogP) is 2.53. The number of aromatic carboxylic acids is 1. The van der Waals surface area contributed by atoms with E-state index < -0.39 is 5.97 Å². The minimum atomic E-state index is -0.993. The number of hydrogen-bond acceptors (Lipinski definition) is 3. The van der Waals surface area contributed by atoms with Crippen molar-refractivity contribution in [2.24, 2.45) is 0 Å². The first kappa shape index (κ1) is 16.6. The van der Waals surface area contributed by atoms with E-state index in [4.69, 9.17) is 5.11 Å². The number of hydrogen-bond donors (Lipinski definition) is 1. The van der Waals surface area contributed by atoms with Gasteiger partial charge in [-0.05, 0) is 24.3 Å². The summed E-state index contributed by atoms with van der Waals surface area (Å²) < 4.78 is 0. The highest BCUT2D eigenvalue weighted by atomic mass is 32.2. The first-order valence-corrected chi connectivity index (χ1v) is 7.96. The number of rotatable bonds is 7. The molecule has 5 heteroatoms. The van der Waals surface area contributed by atoms with Crippen LogP contribution in [0.15, 0.2) is 24.3 Å². The number of nitrogens with zero attached hydrogens (tertiary/aromatic N) is 1. The second-order valence-corrected chi connectivity index (χ2v) is 5.57. The highest BCUT2D eigenvalue weighted by Gasteiger charge is 2.20. The molecule has 1 aromatic carbocycles. The van der Waals surface area contributed by atoms with E-state index in [0.29, 0.717) is 5.56 Å². The summed E-state index contributed by atoms with van der Waals surface area (Å²) in [5.41, 5.74) is 0.767. The second-order valence-electron chi connectivity index (χ2n) is 4.66. The Morgan fingerprint density at radius 1 is 1.35 bits per heavy atom. The summed E-state index contributed by atoms with van der Waals surface area (Å²) in [6.45, 7) is 2.05. The van der Waals surface area contributed by atoms with Gasteiger partial charge in [0.1, 0.15) is 0 Å². The zero-order chi connectivity index (χ0) is 15.1. The monoisotopic (exact) mass is 295 g/mol. The lowest BCUT2D eigenvalue weighted by Gasteiger charge is -2.27. The lowest BCUT2D eigenvalue weighted by atomic mass is 10.0. The number of thioether (sulfide) groups is 1. The molecule has 0 aliphatic carbocycles. The topological polar surface area (TPSA) is 57.6 Å². The summed E-state index contributed by atoms with van der Waals surface area (Å²) in [6.07, 6.45) is 3.04. The van der Waals surface area contributed by atoms with Crippen LogP contribution in [-0.4, -0.2) is 47.0 Å². The minimum Gasteiger partial charge on any atom is -0.478 e. The number of carboxylic acids is 1. The summed E-state index contributed by atoms with van der Waals surface area (Å²) in [5.74, 6) is -0.147. The molecule has 0 spiro atoms. The number of carbonyl (C=O) groups excluding carboxylic acids is 1. The molecule has 0 saturated heterocycles. The standard InChI is InChI=1S/C15H21NO3S/c1-4-12(10-20-3)16(2)14(17)9-11-7-5-6-8-13(11)15(18)19/h5-8,12H,4,9-10H2,1-3H3,(H,18,19). The molecular weight excluding hydrogens is 274 g/mol. The Morgan fingerprint density at radius 2 is 2.00 bits per heavy atom. The highest BCUT2D eigenvalue weighted by Crippen LogP contribution is 2.14. The SMILES string of the molecule is CCC(CSC)N(C)C(=O)Cc1ccccc1C(=O)O. The molecule has 4 nitrogen and oxygen atoms in total. The summed E-state index contributed by atoms with van der Waals surface area (Å²) in [7, 11) is 1.79. The molecule has 1 atom stereocenters. The Labute approximate surface area is 124 Å². The van der Waals surface area contributed by atoms with Crippen LogP contribution in [0.25, 0.3) is 0 Å². The maximum absolute atomic E-state index is 12.3. The lowest BCUT2D eigenvalue weighted by Crippen LogP contribution is -2.39. The van der Waals surface area contributed by atoms with Gasteiger partial charge in [0.15, 0.2) is 0 Å². The van der Waals surface area contributed by atoms with E-state index in [0.717, 1.165) is 12.2 Å². The molecule has 1 unspecified atom stereocenters. The molecule has 0 heterocycles. The third kappa shape index (κ3) is 4.27. The Balaban J connectivity index is 2.82. The quantitative estimate of drug-likeness (QED) is 0.840. The van der Waals surface area contributed by atoms with Crippen molar-refractivity contribution >= 4 is 23.6 Å². The van der Waals surface area contributed by atoms with Crippen LogP contribution < -0.4 is 0 Å². The highest BCUT2D eigenvalue weighted by molar-refractivity contribution is 7.98. The molecular formula is C15H21NO3S. The molecule has 0 aliphatic heterocycles. The minimum absolute atomic E-state index is 0.0420. The Hall–Kier alpha value is -1.49. The van der Waals surface area contributed by atoms with E-state index in [-0.39, 0.29) is 23.9 Å². The zero-order valence-corrected chi connectivity index (χ0v) is 12.9. The van der Waals surface area contributed by atoms with Gasteiger partial charge in [-0.3, -0.25) is 4.79 Å². The van der Waals surface area contributed by atoms with Gasteiger partial charge in [-0.2, -0.15) is 11.8 Å². The van der Waals surface area contributed by atoms with Crippen molar-refractivity contribution in [1.82, 2.24) is 4.90 Å². The smallest absolute Gasteiger partial charge is 0.335 e. The van der Waals surface area contributed by atoms with E-state index in [1.54, 1.807) is 41.9 Å². The third-order valence-electron chi connectivity index (χ3n) is 3.36. The zero-order valence-electron chi connectivity index (χ0n) is 12.1. The van der Waals surface area contributed by atoms with Gasteiger partial charge in [0.25, 0.3) is 0 Å². The summed E-state index contributed by atoms with van der Waals surface area (Å²) in [5, 5.41) is 9.13. The van der Waals surface area contributed by atoms with E-state index in [9.17, 15) is 9.59 Å². The fourth-order valence-electron chi connectivity index (χ4n) is 2.07. The van der Waals surface area contributed by atoms with Crippen molar-refractivity contribution in [1.29, 1.82) is 0 Å². The van der Waals surface area contributed by atoms with Crippen LogP contribution in [0.2, 0.25) is 0 Å². The van der Waals surface area contributed by atoms with E-state index >= 15 is 0 Å². The first-order chi connectivity index (χ1) is 9.51. The molecule has 0 aliphatic rings. The van der Waals surface area contributed by atoms with Crippen molar-refractivity contribution in [2.75, 3.05) is 19.1 Å².